The molecule has 1 atom stereocenters. The number of aromatic nitrogens is 1. The molecule has 0 saturated heterocycles. The first-order chi connectivity index (χ1) is 36.0. The highest BCUT2D eigenvalue weighted by molar-refractivity contribution is 6.13. The quantitative estimate of drug-likeness (QED) is 0.171. The molecule has 4 aliphatic carbocycles. The van der Waals surface area contributed by atoms with E-state index in [0.717, 1.165) is 17.1 Å². The fourth-order valence-electron chi connectivity index (χ4n) is 15.2. The molecule has 5 aliphatic rings. The molecule has 0 radical (unpaired) electrons. The van der Waals surface area contributed by atoms with Crippen LogP contribution in [0, 0.1) is 0 Å². The zero-order valence-corrected chi connectivity index (χ0v) is 40.5. The van der Waals surface area contributed by atoms with E-state index in [4.69, 9.17) is 0 Å². The van der Waals surface area contributed by atoms with Gasteiger partial charge < -0.3 is 9.47 Å². The van der Waals surface area contributed by atoms with Gasteiger partial charge in [0.1, 0.15) is 0 Å². The van der Waals surface area contributed by atoms with Crippen LogP contribution < -0.4 is 4.90 Å². The zero-order valence-electron chi connectivity index (χ0n) is 40.5. The van der Waals surface area contributed by atoms with Crippen molar-refractivity contribution in [1.29, 1.82) is 0 Å². The molecule has 2 spiro atoms. The summed E-state index contributed by atoms with van der Waals surface area (Å²) >= 11 is 0. The molecule has 0 amide bonds. The van der Waals surface area contributed by atoms with E-state index in [2.05, 4.69) is 266 Å². The van der Waals surface area contributed by atoms with E-state index in [1.54, 1.807) is 0 Å². The first kappa shape index (κ1) is 39.7. The highest BCUT2D eigenvalue weighted by Crippen LogP contribution is 2.65. The van der Waals surface area contributed by atoms with Crippen LogP contribution in [0.2, 0.25) is 0 Å². The number of rotatable bonds is 3. The van der Waals surface area contributed by atoms with Gasteiger partial charge in [-0.05, 0) is 149 Å². The SMILES string of the molecule is CC1(C)c2ccccc2-c2ccc(N(c3ccc4c(c3)-c3ccccc3C43c4ccccc4-n4c5ccccc5c5cccc3c54)c3ccc4c(c3)C3(c5ccccc5-c5ccccc53)c3ccccc3-4)cc21. The molecule has 2 nitrogen and oxygen atoms in total. The lowest BCUT2D eigenvalue weighted by Crippen LogP contribution is -2.33. The molecule has 0 N–H and O–H groups in total. The van der Waals surface area contributed by atoms with Gasteiger partial charge in [0.2, 0.25) is 0 Å². The average molecular weight is 927 g/mol. The summed E-state index contributed by atoms with van der Waals surface area (Å²) in [4.78, 5) is 2.56. The molecule has 0 bridgehead atoms. The summed E-state index contributed by atoms with van der Waals surface area (Å²) in [6.07, 6.45) is 0. The molecule has 73 heavy (non-hydrogen) atoms. The second-order valence-electron chi connectivity index (χ2n) is 21.4. The summed E-state index contributed by atoms with van der Waals surface area (Å²) in [5.41, 5.74) is 29.9. The van der Waals surface area contributed by atoms with Crippen molar-refractivity contribution in [3.8, 4) is 50.2 Å². The smallest absolute Gasteiger partial charge is 0.0754 e. The number of anilines is 3. The van der Waals surface area contributed by atoms with Gasteiger partial charge in [-0.15, -0.1) is 0 Å². The van der Waals surface area contributed by atoms with Crippen LogP contribution >= 0.6 is 0 Å². The third-order valence-electron chi connectivity index (χ3n) is 18.0. The summed E-state index contributed by atoms with van der Waals surface area (Å²) in [6, 6.07) is 92.8. The third kappa shape index (κ3) is 4.63. The van der Waals surface area contributed by atoms with Gasteiger partial charge >= 0.3 is 0 Å². The lowest BCUT2D eigenvalue weighted by molar-refractivity contribution is 0.660. The molecule has 0 fully saturated rings. The van der Waals surface area contributed by atoms with Crippen molar-refractivity contribution in [2.24, 2.45) is 0 Å². The van der Waals surface area contributed by atoms with Gasteiger partial charge in [-0.2, -0.15) is 0 Å². The topological polar surface area (TPSA) is 8.17 Å². The van der Waals surface area contributed by atoms with Crippen LogP contribution in [-0.2, 0) is 16.2 Å². The van der Waals surface area contributed by atoms with Crippen molar-refractivity contribution in [2.45, 2.75) is 30.1 Å². The zero-order chi connectivity index (χ0) is 48.0. The normalized spacial score (nSPS) is 16.6. The number of benzene rings is 11. The molecule has 340 valence electrons. The Hall–Kier alpha value is -8.98. The van der Waals surface area contributed by atoms with Crippen molar-refractivity contribution < 1.29 is 0 Å². The Morgan fingerprint density at radius 2 is 0.699 bits per heavy atom. The maximum absolute atomic E-state index is 2.56. The van der Waals surface area contributed by atoms with E-state index in [-0.39, 0.29) is 5.41 Å². The molecule has 1 aliphatic heterocycles. The van der Waals surface area contributed by atoms with Gasteiger partial charge in [-0.3, -0.25) is 0 Å². The maximum Gasteiger partial charge on any atom is 0.0754 e. The minimum Gasteiger partial charge on any atom is -0.310 e. The van der Waals surface area contributed by atoms with Gasteiger partial charge in [0.25, 0.3) is 0 Å². The second kappa shape index (κ2) is 13.7. The van der Waals surface area contributed by atoms with Crippen molar-refractivity contribution in [3.63, 3.8) is 0 Å². The van der Waals surface area contributed by atoms with E-state index >= 15 is 0 Å². The molecule has 2 heterocycles. The third-order valence-corrected chi connectivity index (χ3v) is 18.0. The van der Waals surface area contributed by atoms with E-state index in [0.29, 0.717) is 0 Å². The molecular formula is C71H46N2. The van der Waals surface area contributed by atoms with Gasteiger partial charge in [-0.1, -0.05) is 208 Å². The molecule has 11 aromatic carbocycles. The van der Waals surface area contributed by atoms with Crippen LogP contribution in [0.15, 0.2) is 243 Å². The van der Waals surface area contributed by atoms with E-state index in [1.165, 1.54) is 128 Å². The fourth-order valence-corrected chi connectivity index (χ4v) is 15.2. The lowest BCUT2D eigenvalue weighted by Gasteiger charge is -2.39. The van der Waals surface area contributed by atoms with Gasteiger partial charge in [0.15, 0.2) is 0 Å². The number of hydrogen-bond acceptors (Lipinski definition) is 1. The van der Waals surface area contributed by atoms with Crippen LogP contribution in [0.5, 0.6) is 0 Å². The van der Waals surface area contributed by atoms with Gasteiger partial charge in [0.05, 0.1) is 27.6 Å². The van der Waals surface area contributed by atoms with Gasteiger partial charge in [0, 0.05) is 33.2 Å². The summed E-state index contributed by atoms with van der Waals surface area (Å²) in [7, 11) is 0. The molecule has 0 saturated carbocycles. The van der Waals surface area contributed by atoms with Crippen LogP contribution in [0.3, 0.4) is 0 Å². The van der Waals surface area contributed by atoms with Crippen LogP contribution in [0.1, 0.15) is 69.5 Å². The first-order valence-electron chi connectivity index (χ1n) is 25.8. The Labute approximate surface area is 424 Å². The predicted molar refractivity (Wildman–Crippen MR) is 300 cm³/mol. The molecule has 12 aromatic rings. The number of para-hydroxylation sites is 3. The second-order valence-corrected chi connectivity index (χ2v) is 21.4. The number of nitrogens with zero attached hydrogens (tertiary/aromatic N) is 2. The van der Waals surface area contributed by atoms with Crippen molar-refractivity contribution in [1.82, 2.24) is 4.57 Å². The molecule has 1 unspecified atom stereocenters. The fraction of sp³-hybridized carbons (Fsp3) is 0.0704. The van der Waals surface area contributed by atoms with Crippen molar-refractivity contribution >= 4 is 38.9 Å². The highest BCUT2D eigenvalue weighted by Gasteiger charge is 2.53. The van der Waals surface area contributed by atoms with Crippen molar-refractivity contribution in [2.75, 3.05) is 4.90 Å². The van der Waals surface area contributed by atoms with Crippen LogP contribution in [0.4, 0.5) is 17.1 Å². The molecular weight excluding hydrogens is 881 g/mol. The Kier molecular flexibility index (Phi) is 7.45. The number of fused-ring (bicyclic) bond motifs is 25. The average Bonchev–Trinajstić information content (AvgIpc) is 4.19. The highest BCUT2D eigenvalue weighted by atomic mass is 15.1. The Bertz CT molecular complexity index is 4380. The van der Waals surface area contributed by atoms with Crippen molar-refractivity contribution in [3.05, 3.63) is 298 Å². The minimum absolute atomic E-state index is 0.171. The van der Waals surface area contributed by atoms with E-state index in [1.807, 2.05) is 0 Å². The Morgan fingerprint density at radius 3 is 1.34 bits per heavy atom. The van der Waals surface area contributed by atoms with Gasteiger partial charge in [-0.25, -0.2) is 0 Å². The van der Waals surface area contributed by atoms with Crippen LogP contribution in [0.25, 0.3) is 72.0 Å². The summed E-state index contributed by atoms with van der Waals surface area (Å²) in [5.74, 6) is 0. The van der Waals surface area contributed by atoms with Crippen LogP contribution in [-0.4, -0.2) is 4.57 Å². The minimum atomic E-state index is -0.534. The summed E-state index contributed by atoms with van der Waals surface area (Å²) in [5, 5.41) is 2.58. The Morgan fingerprint density at radius 1 is 0.288 bits per heavy atom. The predicted octanol–water partition coefficient (Wildman–Crippen LogP) is 17.6. The Balaban J connectivity index is 0.940. The monoisotopic (exact) mass is 926 g/mol. The number of hydrogen-bond donors (Lipinski definition) is 0. The lowest BCUT2D eigenvalue weighted by atomic mass is 9.65. The van der Waals surface area contributed by atoms with E-state index in [9.17, 15) is 0 Å². The maximum atomic E-state index is 2.56. The largest absolute Gasteiger partial charge is 0.310 e. The molecule has 2 heteroatoms. The standard InChI is InChI=1S/C71H46N2/c1-69(2)56-25-9-3-18-46(56)51-37-34-44(41-64(51)69)72(45-35-38-52-49-21-6-12-28-59(49)70(65(52)42-45)57-26-10-4-19-47(57)48-20-5-11-27-58(48)70)43-36-39-61-55(40-43)50-22-7-13-29-60(50)71(61)62-30-14-16-33-67(62)73-66-32-15-8-23-53(66)54-24-17-31-63(71)68(54)73/h3-42H,1-2H3. The summed E-state index contributed by atoms with van der Waals surface area (Å²) in [6.45, 7) is 4.79. The van der Waals surface area contributed by atoms with E-state index < -0.39 is 10.8 Å². The molecule has 17 rings (SSSR count). The first-order valence-corrected chi connectivity index (χ1v) is 25.8. The molecule has 1 aromatic heterocycles. The summed E-state index contributed by atoms with van der Waals surface area (Å²) < 4.78 is 2.53.